The number of nitrogens with one attached hydrogen (secondary N) is 1. The number of sulfonamides is 1. The molecule has 0 aromatic heterocycles. The third-order valence-electron chi connectivity index (χ3n) is 2.38. The molecule has 0 heterocycles. The van der Waals surface area contributed by atoms with Crippen LogP contribution < -0.4 is 4.72 Å². The lowest BCUT2D eigenvalue weighted by Crippen LogP contribution is -2.19. The van der Waals surface area contributed by atoms with Crippen LogP contribution >= 0.6 is 11.6 Å². The van der Waals surface area contributed by atoms with Crippen molar-refractivity contribution in [3.05, 3.63) is 28.5 Å². The van der Waals surface area contributed by atoms with Crippen LogP contribution in [0.4, 0.5) is 14.5 Å². The van der Waals surface area contributed by atoms with Gasteiger partial charge in [0.1, 0.15) is 5.56 Å². The van der Waals surface area contributed by atoms with Crippen LogP contribution in [0.5, 0.6) is 0 Å². The Bertz CT molecular complexity index is 622. The summed E-state index contributed by atoms with van der Waals surface area (Å²) in [6, 6.07) is 2.25. The molecule has 1 aromatic rings. The van der Waals surface area contributed by atoms with E-state index in [2.05, 4.69) is 4.74 Å². The van der Waals surface area contributed by atoms with Gasteiger partial charge in [0.05, 0.1) is 29.7 Å². The zero-order valence-corrected chi connectivity index (χ0v) is 12.7. The van der Waals surface area contributed by atoms with E-state index in [1.54, 1.807) is 0 Å². The Morgan fingerprint density at radius 1 is 1.43 bits per heavy atom. The third kappa shape index (κ3) is 4.82. The first-order valence-electron chi connectivity index (χ1n) is 6.04. The van der Waals surface area contributed by atoms with E-state index in [1.165, 1.54) is 13.0 Å². The Kier molecular flexibility index (Phi) is 6.35. The van der Waals surface area contributed by atoms with Gasteiger partial charge in [-0.3, -0.25) is 9.11 Å². The van der Waals surface area contributed by atoms with Crippen LogP contribution in [0.15, 0.2) is 12.1 Å². The highest BCUT2D eigenvalue weighted by atomic mass is 35.5. The maximum absolute atomic E-state index is 14.2. The molecule has 0 aliphatic heterocycles. The predicted octanol–water partition coefficient (Wildman–Crippen LogP) is 2.76. The lowest BCUT2D eigenvalue weighted by Gasteiger charge is -2.12. The standard InChI is InChI=1S/C12H14ClF2NO4S/c1-2-20-12(17)10-8(13)4-5-9(11(10)15)16-21(18,19)7-3-6-14/h4-5,16H,2-3,6-7H2,1H3. The van der Waals surface area contributed by atoms with Gasteiger partial charge < -0.3 is 4.74 Å². The molecule has 0 aliphatic carbocycles. The van der Waals surface area contributed by atoms with E-state index in [0.717, 1.165) is 6.07 Å². The average Bonchev–Trinajstić information content (AvgIpc) is 2.40. The summed E-state index contributed by atoms with van der Waals surface area (Å²) in [5, 5.41) is -0.197. The number of benzene rings is 1. The van der Waals surface area contributed by atoms with Crippen molar-refractivity contribution in [2.75, 3.05) is 23.8 Å². The minimum Gasteiger partial charge on any atom is -0.462 e. The van der Waals surface area contributed by atoms with E-state index in [1.807, 2.05) is 4.72 Å². The van der Waals surface area contributed by atoms with E-state index in [9.17, 15) is 22.0 Å². The first kappa shape index (κ1) is 17.6. The number of anilines is 1. The van der Waals surface area contributed by atoms with E-state index >= 15 is 0 Å². The summed E-state index contributed by atoms with van der Waals surface area (Å²) in [7, 11) is -3.91. The predicted molar refractivity (Wildman–Crippen MR) is 75.4 cm³/mol. The van der Waals surface area contributed by atoms with Crippen LogP contribution in [0.1, 0.15) is 23.7 Å². The van der Waals surface area contributed by atoms with Crippen LogP contribution in [0.25, 0.3) is 0 Å². The Labute approximate surface area is 126 Å². The first-order chi connectivity index (χ1) is 9.82. The van der Waals surface area contributed by atoms with E-state index in [4.69, 9.17) is 11.6 Å². The molecule has 1 rings (SSSR count). The molecule has 0 unspecified atom stereocenters. The number of rotatable bonds is 7. The number of ether oxygens (including phenoxy) is 1. The fourth-order valence-corrected chi connectivity index (χ4v) is 2.79. The summed E-state index contributed by atoms with van der Waals surface area (Å²) < 4.78 is 56.0. The van der Waals surface area contributed by atoms with Crippen LogP contribution in [0, 0.1) is 5.82 Å². The minimum absolute atomic E-state index is 0.0149. The molecule has 0 fully saturated rings. The molecular weight excluding hydrogens is 328 g/mol. The smallest absolute Gasteiger partial charge is 0.342 e. The second-order valence-corrected chi connectivity index (χ2v) is 6.22. The van der Waals surface area contributed by atoms with Crippen LogP contribution in [-0.2, 0) is 14.8 Å². The maximum atomic E-state index is 14.2. The molecule has 118 valence electrons. The zero-order valence-electron chi connectivity index (χ0n) is 11.2. The Hall–Kier alpha value is -1.41. The van der Waals surface area contributed by atoms with Gasteiger partial charge in [0, 0.05) is 0 Å². The van der Waals surface area contributed by atoms with Crippen molar-refractivity contribution in [3.63, 3.8) is 0 Å². The van der Waals surface area contributed by atoms with Crippen molar-refractivity contribution >= 4 is 33.3 Å². The summed E-state index contributed by atoms with van der Waals surface area (Å²) >= 11 is 5.72. The fourth-order valence-electron chi connectivity index (χ4n) is 1.48. The molecular formula is C12H14ClF2NO4S. The van der Waals surface area contributed by atoms with E-state index in [0.29, 0.717) is 0 Å². The number of hydrogen-bond acceptors (Lipinski definition) is 4. The molecule has 5 nitrogen and oxygen atoms in total. The SMILES string of the molecule is CCOC(=O)c1c(Cl)ccc(NS(=O)(=O)CCCF)c1F. The highest BCUT2D eigenvalue weighted by Crippen LogP contribution is 2.27. The normalized spacial score (nSPS) is 11.2. The number of carbonyl (C=O) groups is 1. The number of halogens is 3. The fraction of sp³-hybridized carbons (Fsp3) is 0.417. The van der Waals surface area contributed by atoms with Crippen molar-refractivity contribution in [1.82, 2.24) is 0 Å². The summed E-state index contributed by atoms with van der Waals surface area (Å²) in [6.45, 7) is 0.742. The molecule has 0 saturated heterocycles. The second kappa shape index (κ2) is 7.56. The monoisotopic (exact) mass is 341 g/mol. The number of carbonyl (C=O) groups excluding carboxylic acids is 1. The van der Waals surface area contributed by atoms with Crippen molar-refractivity contribution in [3.8, 4) is 0 Å². The highest BCUT2D eigenvalue weighted by molar-refractivity contribution is 7.92. The lowest BCUT2D eigenvalue weighted by molar-refractivity contribution is 0.0521. The first-order valence-corrected chi connectivity index (χ1v) is 8.07. The lowest BCUT2D eigenvalue weighted by atomic mass is 10.2. The summed E-state index contributed by atoms with van der Waals surface area (Å²) in [5.74, 6) is -2.63. The number of esters is 1. The van der Waals surface area contributed by atoms with Gasteiger partial charge in [-0.25, -0.2) is 17.6 Å². The Morgan fingerprint density at radius 2 is 2.10 bits per heavy atom. The Morgan fingerprint density at radius 3 is 2.67 bits per heavy atom. The Balaban J connectivity index is 3.11. The molecule has 0 amide bonds. The van der Waals surface area contributed by atoms with Gasteiger partial charge in [0.2, 0.25) is 10.0 Å². The third-order valence-corrected chi connectivity index (χ3v) is 4.05. The quantitative estimate of drug-likeness (QED) is 0.774. The van der Waals surface area contributed by atoms with Gasteiger partial charge in [-0.15, -0.1) is 0 Å². The molecule has 21 heavy (non-hydrogen) atoms. The van der Waals surface area contributed by atoms with Crippen molar-refractivity contribution in [2.24, 2.45) is 0 Å². The van der Waals surface area contributed by atoms with Gasteiger partial charge in [0.15, 0.2) is 5.82 Å². The molecule has 0 radical (unpaired) electrons. The maximum Gasteiger partial charge on any atom is 0.342 e. The summed E-state index contributed by atoms with van der Waals surface area (Å²) in [6.07, 6.45) is -0.213. The minimum atomic E-state index is -3.91. The summed E-state index contributed by atoms with van der Waals surface area (Å²) in [4.78, 5) is 11.6. The van der Waals surface area contributed by atoms with Crippen LogP contribution in [0.3, 0.4) is 0 Å². The molecule has 1 aromatic carbocycles. The van der Waals surface area contributed by atoms with E-state index < -0.39 is 45.5 Å². The van der Waals surface area contributed by atoms with Crippen molar-refractivity contribution in [2.45, 2.75) is 13.3 Å². The largest absolute Gasteiger partial charge is 0.462 e. The van der Waals surface area contributed by atoms with Gasteiger partial charge in [0.25, 0.3) is 0 Å². The van der Waals surface area contributed by atoms with Crippen LogP contribution in [0.2, 0.25) is 5.02 Å². The topological polar surface area (TPSA) is 72.5 Å². The van der Waals surface area contributed by atoms with Gasteiger partial charge >= 0.3 is 5.97 Å². The molecule has 1 N–H and O–H groups in total. The molecule has 0 atom stereocenters. The van der Waals surface area contributed by atoms with Gasteiger partial charge in [-0.1, -0.05) is 11.6 Å². The van der Waals surface area contributed by atoms with Crippen molar-refractivity contribution < 1.29 is 26.7 Å². The molecule has 0 bridgehead atoms. The number of alkyl halides is 1. The number of hydrogen-bond donors (Lipinski definition) is 1. The zero-order chi connectivity index (χ0) is 16.0. The van der Waals surface area contributed by atoms with Gasteiger partial charge in [-0.05, 0) is 25.5 Å². The second-order valence-electron chi connectivity index (χ2n) is 3.97. The van der Waals surface area contributed by atoms with Crippen molar-refractivity contribution in [1.29, 1.82) is 0 Å². The molecule has 0 aliphatic rings. The molecule has 9 heteroatoms. The van der Waals surface area contributed by atoms with E-state index in [-0.39, 0.29) is 18.1 Å². The molecule has 0 spiro atoms. The summed E-state index contributed by atoms with van der Waals surface area (Å²) in [5.41, 5.74) is -0.995. The van der Waals surface area contributed by atoms with Gasteiger partial charge in [-0.2, -0.15) is 0 Å². The highest BCUT2D eigenvalue weighted by Gasteiger charge is 2.22. The van der Waals surface area contributed by atoms with Crippen LogP contribution in [-0.4, -0.2) is 33.4 Å². The molecule has 0 saturated carbocycles. The average molecular weight is 342 g/mol.